The number of hydrogen-bond acceptors (Lipinski definition) is 3. The fraction of sp³-hybridized carbons (Fsp3) is 0. The van der Waals surface area contributed by atoms with Gasteiger partial charge in [-0.3, -0.25) is 5.41 Å². The first-order chi connectivity index (χ1) is 9.56. The predicted octanol–water partition coefficient (Wildman–Crippen LogP) is 3.76. The summed E-state index contributed by atoms with van der Waals surface area (Å²) in [5.74, 6) is 0.114. The molecule has 3 aromatic rings. The summed E-state index contributed by atoms with van der Waals surface area (Å²) in [5.41, 5.74) is 2.04. The first kappa shape index (κ1) is 12.7. The smallest absolute Gasteiger partial charge is 0.199 e. The number of fused-ring (bicyclic) bond motifs is 1. The molecule has 0 aliphatic rings. The molecule has 4 nitrogen and oxygen atoms in total. The van der Waals surface area contributed by atoms with Crippen LogP contribution in [0.25, 0.3) is 10.9 Å². The van der Waals surface area contributed by atoms with Gasteiger partial charge in [-0.2, -0.15) is 0 Å². The third-order valence-electron chi connectivity index (χ3n) is 3.15. The van der Waals surface area contributed by atoms with Crippen LogP contribution in [0, 0.1) is 5.41 Å². The molecule has 2 aromatic carbocycles. The first-order valence-corrected chi connectivity index (χ1v) is 6.74. The maximum atomic E-state index is 10.1. The molecule has 0 amide bonds. The SMILES string of the molecule is N=C(c1ccc(O)cc1)c1c(O)[nH]c2ccc(Br)cc12. The van der Waals surface area contributed by atoms with Crippen LogP contribution in [0.3, 0.4) is 0 Å². The van der Waals surface area contributed by atoms with Crippen molar-refractivity contribution in [1.82, 2.24) is 4.98 Å². The van der Waals surface area contributed by atoms with Crippen molar-refractivity contribution in [3.05, 3.63) is 58.1 Å². The van der Waals surface area contributed by atoms with Crippen molar-refractivity contribution in [1.29, 1.82) is 5.41 Å². The second kappa shape index (κ2) is 4.68. The van der Waals surface area contributed by atoms with Gasteiger partial charge in [-0.05, 0) is 42.5 Å². The number of H-pyrrole nitrogens is 1. The number of hydrogen-bond donors (Lipinski definition) is 4. The van der Waals surface area contributed by atoms with Crippen molar-refractivity contribution < 1.29 is 10.2 Å². The molecule has 0 radical (unpaired) electrons. The van der Waals surface area contributed by atoms with Gasteiger partial charge in [-0.25, -0.2) is 0 Å². The lowest BCUT2D eigenvalue weighted by atomic mass is 10.0. The van der Waals surface area contributed by atoms with E-state index >= 15 is 0 Å². The van der Waals surface area contributed by atoms with Gasteiger partial charge in [0.1, 0.15) is 5.75 Å². The molecule has 100 valence electrons. The molecule has 5 heteroatoms. The van der Waals surface area contributed by atoms with E-state index in [0.717, 1.165) is 15.4 Å². The van der Waals surface area contributed by atoms with Crippen molar-refractivity contribution in [2.75, 3.05) is 0 Å². The molecule has 0 aliphatic heterocycles. The molecule has 0 saturated carbocycles. The molecule has 0 saturated heterocycles. The van der Waals surface area contributed by atoms with Crippen LogP contribution in [-0.4, -0.2) is 20.9 Å². The Balaban J connectivity index is 2.18. The van der Waals surface area contributed by atoms with Gasteiger partial charge in [0.25, 0.3) is 0 Å². The van der Waals surface area contributed by atoms with Crippen molar-refractivity contribution in [2.24, 2.45) is 0 Å². The topological polar surface area (TPSA) is 80.1 Å². The summed E-state index contributed by atoms with van der Waals surface area (Å²) in [5, 5.41) is 28.4. The van der Waals surface area contributed by atoms with Gasteiger partial charge in [0, 0.05) is 20.9 Å². The number of halogens is 1. The number of aromatic hydroxyl groups is 2. The average molecular weight is 331 g/mol. The molecule has 0 bridgehead atoms. The standard InChI is InChI=1S/C15H11BrN2O2/c16-9-3-6-12-11(7-9)13(15(20)18-12)14(17)8-1-4-10(19)5-2-8/h1-7,17-20H. The second-order valence-electron chi connectivity index (χ2n) is 4.46. The normalized spacial score (nSPS) is 10.8. The maximum Gasteiger partial charge on any atom is 0.199 e. The molecule has 0 fully saturated rings. The number of benzene rings is 2. The minimum absolute atomic E-state index is 0.0313. The van der Waals surface area contributed by atoms with E-state index in [0.29, 0.717) is 11.1 Å². The van der Waals surface area contributed by atoms with Crippen LogP contribution < -0.4 is 0 Å². The van der Waals surface area contributed by atoms with Crippen LogP contribution in [-0.2, 0) is 0 Å². The lowest BCUT2D eigenvalue weighted by Crippen LogP contribution is -2.00. The van der Waals surface area contributed by atoms with Crippen molar-refractivity contribution >= 4 is 32.5 Å². The van der Waals surface area contributed by atoms with Gasteiger partial charge in [0.2, 0.25) is 0 Å². The molecular weight excluding hydrogens is 320 g/mol. The van der Waals surface area contributed by atoms with Crippen LogP contribution in [0.2, 0.25) is 0 Å². The van der Waals surface area contributed by atoms with Crippen LogP contribution in [0.5, 0.6) is 11.6 Å². The Bertz CT molecular complexity index is 807. The number of aromatic nitrogens is 1. The molecule has 1 aromatic heterocycles. The fourth-order valence-corrected chi connectivity index (χ4v) is 2.54. The van der Waals surface area contributed by atoms with Crippen molar-refractivity contribution in [3.63, 3.8) is 0 Å². The van der Waals surface area contributed by atoms with Gasteiger partial charge < -0.3 is 15.2 Å². The van der Waals surface area contributed by atoms with E-state index in [9.17, 15) is 10.2 Å². The Morgan fingerprint density at radius 2 is 1.75 bits per heavy atom. The molecule has 0 atom stereocenters. The molecule has 0 aliphatic carbocycles. The van der Waals surface area contributed by atoms with Gasteiger partial charge in [0.15, 0.2) is 5.88 Å². The van der Waals surface area contributed by atoms with E-state index in [1.165, 1.54) is 12.1 Å². The Morgan fingerprint density at radius 3 is 2.45 bits per heavy atom. The lowest BCUT2D eigenvalue weighted by molar-refractivity contribution is 0.457. The summed E-state index contributed by atoms with van der Waals surface area (Å²) >= 11 is 3.39. The monoisotopic (exact) mass is 330 g/mol. The summed E-state index contributed by atoms with van der Waals surface area (Å²) in [6.45, 7) is 0. The Kier molecular flexibility index (Phi) is 2.99. The van der Waals surface area contributed by atoms with E-state index < -0.39 is 0 Å². The Hall–Kier alpha value is -2.27. The Labute approximate surface area is 123 Å². The van der Waals surface area contributed by atoms with E-state index in [1.807, 2.05) is 18.2 Å². The zero-order valence-corrected chi connectivity index (χ0v) is 11.9. The van der Waals surface area contributed by atoms with E-state index in [4.69, 9.17) is 5.41 Å². The minimum atomic E-state index is -0.0313. The van der Waals surface area contributed by atoms with Gasteiger partial charge in [-0.1, -0.05) is 15.9 Å². The number of aromatic amines is 1. The highest BCUT2D eigenvalue weighted by atomic mass is 79.9. The van der Waals surface area contributed by atoms with Crippen LogP contribution in [0.15, 0.2) is 46.9 Å². The predicted molar refractivity (Wildman–Crippen MR) is 81.7 cm³/mol. The molecule has 0 spiro atoms. The van der Waals surface area contributed by atoms with Gasteiger partial charge >= 0.3 is 0 Å². The minimum Gasteiger partial charge on any atom is -0.508 e. The zero-order valence-electron chi connectivity index (χ0n) is 10.3. The van der Waals surface area contributed by atoms with E-state index in [2.05, 4.69) is 20.9 Å². The second-order valence-corrected chi connectivity index (χ2v) is 5.38. The average Bonchev–Trinajstić information content (AvgIpc) is 2.74. The highest BCUT2D eigenvalue weighted by Gasteiger charge is 2.17. The summed E-state index contributed by atoms with van der Waals surface area (Å²) in [7, 11) is 0. The van der Waals surface area contributed by atoms with E-state index in [1.54, 1.807) is 12.1 Å². The Morgan fingerprint density at radius 1 is 1.05 bits per heavy atom. The van der Waals surface area contributed by atoms with E-state index in [-0.39, 0.29) is 17.3 Å². The molecule has 0 unspecified atom stereocenters. The lowest BCUT2D eigenvalue weighted by Gasteiger charge is -2.04. The number of nitrogens with one attached hydrogen (secondary N) is 2. The molecule has 20 heavy (non-hydrogen) atoms. The third kappa shape index (κ3) is 2.06. The fourth-order valence-electron chi connectivity index (χ4n) is 2.18. The summed E-state index contributed by atoms with van der Waals surface area (Å²) in [4.78, 5) is 2.86. The molecular formula is C15H11BrN2O2. The number of phenols is 1. The van der Waals surface area contributed by atoms with Crippen LogP contribution >= 0.6 is 15.9 Å². The quantitative estimate of drug-likeness (QED) is 0.540. The van der Waals surface area contributed by atoms with Crippen LogP contribution in [0.1, 0.15) is 11.1 Å². The largest absolute Gasteiger partial charge is 0.508 e. The maximum absolute atomic E-state index is 10.1. The van der Waals surface area contributed by atoms with Crippen LogP contribution in [0.4, 0.5) is 0 Å². The third-order valence-corrected chi connectivity index (χ3v) is 3.64. The summed E-state index contributed by atoms with van der Waals surface area (Å²) in [6.07, 6.45) is 0. The van der Waals surface area contributed by atoms with Gasteiger partial charge in [-0.15, -0.1) is 0 Å². The molecule has 3 rings (SSSR count). The van der Waals surface area contributed by atoms with Crippen molar-refractivity contribution in [3.8, 4) is 11.6 Å². The zero-order chi connectivity index (χ0) is 14.3. The summed E-state index contributed by atoms with van der Waals surface area (Å²) < 4.78 is 0.878. The highest BCUT2D eigenvalue weighted by Crippen LogP contribution is 2.31. The first-order valence-electron chi connectivity index (χ1n) is 5.95. The highest BCUT2D eigenvalue weighted by molar-refractivity contribution is 9.10. The molecule has 4 N–H and O–H groups in total. The van der Waals surface area contributed by atoms with Gasteiger partial charge in [0.05, 0.1) is 11.3 Å². The number of phenolic OH excluding ortho intramolecular Hbond substituents is 1. The molecule has 1 heterocycles. The summed E-state index contributed by atoms with van der Waals surface area (Å²) in [6, 6.07) is 11.9. The van der Waals surface area contributed by atoms with Crippen molar-refractivity contribution in [2.45, 2.75) is 0 Å². The number of rotatable bonds is 2.